The molecule has 2 rings (SSSR count). The van der Waals surface area contributed by atoms with Gasteiger partial charge in [-0.05, 0) is 75.8 Å². The summed E-state index contributed by atoms with van der Waals surface area (Å²) in [5.74, 6) is -0.152. The van der Waals surface area contributed by atoms with Crippen molar-refractivity contribution in [3.8, 4) is 0 Å². The Kier molecular flexibility index (Phi) is 9.56. The van der Waals surface area contributed by atoms with E-state index < -0.39 is 0 Å². The van der Waals surface area contributed by atoms with E-state index in [1.165, 1.54) is 16.7 Å². The zero-order valence-corrected chi connectivity index (χ0v) is 18.8. The van der Waals surface area contributed by atoms with E-state index in [0.29, 0.717) is 5.56 Å². The molecule has 1 amide bonds. The van der Waals surface area contributed by atoms with Crippen molar-refractivity contribution in [1.29, 1.82) is 0 Å². The highest BCUT2D eigenvalue weighted by molar-refractivity contribution is 6.08. The fraction of sp³-hybridized carbons (Fsp3) is 0.370. The minimum atomic E-state index is -0.152. The first kappa shape index (κ1) is 23.6. The quantitative estimate of drug-likeness (QED) is 0.447. The SMILES string of the molecule is CC(C)=CCCC(C)=CCCC(C)=Cc1cccc2c(C(=O)NCCO)cccc12. The molecule has 160 valence electrons. The number of rotatable bonds is 10. The molecule has 3 nitrogen and oxygen atoms in total. The number of benzene rings is 2. The molecule has 0 aliphatic heterocycles. The van der Waals surface area contributed by atoms with E-state index in [4.69, 9.17) is 5.11 Å². The maximum atomic E-state index is 12.4. The second-order valence-electron chi connectivity index (χ2n) is 8.13. The van der Waals surface area contributed by atoms with E-state index in [2.05, 4.69) is 63.4 Å². The maximum Gasteiger partial charge on any atom is 0.251 e. The van der Waals surface area contributed by atoms with E-state index in [1.54, 1.807) is 0 Å². The largest absolute Gasteiger partial charge is 0.395 e. The molecular formula is C27H35NO2. The number of fused-ring (bicyclic) bond motifs is 1. The van der Waals surface area contributed by atoms with Gasteiger partial charge in [-0.15, -0.1) is 0 Å². The van der Waals surface area contributed by atoms with E-state index in [0.717, 1.165) is 42.0 Å². The Labute approximate surface area is 181 Å². The Morgan fingerprint density at radius 3 is 2.30 bits per heavy atom. The predicted molar refractivity (Wildman–Crippen MR) is 129 cm³/mol. The summed E-state index contributed by atoms with van der Waals surface area (Å²) in [5.41, 5.74) is 5.93. The van der Waals surface area contributed by atoms with Gasteiger partial charge in [-0.1, -0.05) is 65.3 Å². The van der Waals surface area contributed by atoms with Crippen LogP contribution in [0.15, 0.2) is 65.3 Å². The molecule has 2 aromatic carbocycles. The van der Waals surface area contributed by atoms with Gasteiger partial charge in [0.25, 0.3) is 5.91 Å². The molecule has 0 spiro atoms. The number of aliphatic hydroxyl groups is 1. The minimum absolute atomic E-state index is 0.0629. The monoisotopic (exact) mass is 405 g/mol. The second-order valence-corrected chi connectivity index (χ2v) is 8.13. The van der Waals surface area contributed by atoms with Gasteiger partial charge in [-0.25, -0.2) is 0 Å². The summed E-state index contributed by atoms with van der Waals surface area (Å²) in [6.45, 7) is 8.87. The lowest BCUT2D eigenvalue weighted by Crippen LogP contribution is -2.26. The zero-order chi connectivity index (χ0) is 21.9. The van der Waals surface area contributed by atoms with Crippen LogP contribution in [0, 0.1) is 0 Å². The first-order valence-electron chi connectivity index (χ1n) is 10.8. The van der Waals surface area contributed by atoms with Crippen LogP contribution >= 0.6 is 0 Å². The lowest BCUT2D eigenvalue weighted by atomic mass is 9.97. The fourth-order valence-corrected chi connectivity index (χ4v) is 3.50. The van der Waals surface area contributed by atoms with Crippen LogP contribution in [0.2, 0.25) is 0 Å². The summed E-state index contributed by atoms with van der Waals surface area (Å²) in [5, 5.41) is 13.7. The molecule has 2 aromatic rings. The van der Waals surface area contributed by atoms with Crippen LogP contribution in [0.4, 0.5) is 0 Å². The zero-order valence-electron chi connectivity index (χ0n) is 18.8. The highest BCUT2D eigenvalue weighted by atomic mass is 16.3. The van der Waals surface area contributed by atoms with Gasteiger partial charge in [-0.2, -0.15) is 0 Å². The normalized spacial score (nSPS) is 12.2. The predicted octanol–water partition coefficient (Wildman–Crippen LogP) is 6.44. The average Bonchev–Trinajstić information content (AvgIpc) is 2.71. The number of hydrogen-bond donors (Lipinski definition) is 2. The van der Waals surface area contributed by atoms with Crippen LogP contribution < -0.4 is 5.32 Å². The Balaban J connectivity index is 2.11. The standard InChI is InChI=1S/C27H35NO2/c1-20(2)9-5-10-21(3)11-6-12-22(4)19-23-13-7-15-25-24(23)14-8-16-26(25)27(30)28-17-18-29/h7-9,11,13-16,19,29H,5-6,10,12,17-18H2,1-4H3,(H,28,30). The first-order chi connectivity index (χ1) is 14.4. The van der Waals surface area contributed by atoms with Crippen molar-refractivity contribution < 1.29 is 9.90 Å². The van der Waals surface area contributed by atoms with Crippen LogP contribution in [0.3, 0.4) is 0 Å². The number of hydrogen-bond acceptors (Lipinski definition) is 2. The Hall–Kier alpha value is -2.65. The molecule has 0 aromatic heterocycles. The van der Waals surface area contributed by atoms with Gasteiger partial charge in [0.05, 0.1) is 6.61 Å². The topological polar surface area (TPSA) is 49.3 Å². The lowest BCUT2D eigenvalue weighted by molar-refractivity contribution is 0.0946. The molecule has 2 N–H and O–H groups in total. The summed E-state index contributed by atoms with van der Waals surface area (Å²) < 4.78 is 0. The molecule has 0 aliphatic rings. The average molecular weight is 406 g/mol. The van der Waals surface area contributed by atoms with Crippen LogP contribution in [-0.4, -0.2) is 24.2 Å². The molecule has 0 bridgehead atoms. The van der Waals surface area contributed by atoms with Gasteiger partial charge < -0.3 is 10.4 Å². The van der Waals surface area contributed by atoms with E-state index >= 15 is 0 Å². The molecule has 0 atom stereocenters. The summed E-state index contributed by atoms with van der Waals surface area (Å²) >= 11 is 0. The third kappa shape index (κ3) is 7.31. The van der Waals surface area contributed by atoms with Gasteiger partial charge in [0.15, 0.2) is 0 Å². The van der Waals surface area contributed by atoms with Crippen LogP contribution in [-0.2, 0) is 0 Å². The summed E-state index contributed by atoms with van der Waals surface area (Å²) in [7, 11) is 0. The molecule has 0 saturated heterocycles. The van der Waals surface area contributed by atoms with Crippen molar-refractivity contribution in [2.24, 2.45) is 0 Å². The highest BCUT2D eigenvalue weighted by Crippen LogP contribution is 2.25. The van der Waals surface area contributed by atoms with Gasteiger partial charge in [-0.3, -0.25) is 4.79 Å². The Bertz CT molecular complexity index is 946. The lowest BCUT2D eigenvalue weighted by Gasteiger charge is -2.10. The van der Waals surface area contributed by atoms with Crippen molar-refractivity contribution in [3.63, 3.8) is 0 Å². The Morgan fingerprint density at radius 2 is 1.57 bits per heavy atom. The van der Waals surface area contributed by atoms with Crippen LogP contribution in [0.1, 0.15) is 69.3 Å². The molecule has 30 heavy (non-hydrogen) atoms. The third-order valence-electron chi connectivity index (χ3n) is 5.12. The molecular weight excluding hydrogens is 370 g/mol. The molecule has 0 heterocycles. The minimum Gasteiger partial charge on any atom is -0.395 e. The van der Waals surface area contributed by atoms with Crippen molar-refractivity contribution in [3.05, 3.63) is 76.4 Å². The summed E-state index contributed by atoms with van der Waals surface area (Å²) in [4.78, 5) is 12.4. The molecule has 0 radical (unpaired) electrons. The number of nitrogens with one attached hydrogen (secondary N) is 1. The third-order valence-corrected chi connectivity index (χ3v) is 5.12. The number of allylic oxidation sites excluding steroid dienone is 5. The van der Waals surface area contributed by atoms with Crippen molar-refractivity contribution in [2.45, 2.75) is 53.4 Å². The number of amides is 1. The van der Waals surface area contributed by atoms with Crippen molar-refractivity contribution >= 4 is 22.8 Å². The highest BCUT2D eigenvalue weighted by Gasteiger charge is 2.10. The fourth-order valence-electron chi connectivity index (χ4n) is 3.50. The van der Waals surface area contributed by atoms with E-state index in [9.17, 15) is 4.79 Å². The van der Waals surface area contributed by atoms with Crippen LogP contribution in [0.25, 0.3) is 16.8 Å². The molecule has 0 aliphatic carbocycles. The summed E-state index contributed by atoms with van der Waals surface area (Å²) in [6, 6.07) is 11.9. The molecule has 0 unspecified atom stereocenters. The van der Waals surface area contributed by atoms with Crippen LogP contribution in [0.5, 0.6) is 0 Å². The number of aliphatic hydroxyl groups excluding tert-OH is 1. The molecule has 0 saturated carbocycles. The molecule has 0 fully saturated rings. The smallest absolute Gasteiger partial charge is 0.251 e. The van der Waals surface area contributed by atoms with Crippen molar-refractivity contribution in [1.82, 2.24) is 5.32 Å². The maximum absolute atomic E-state index is 12.4. The molecule has 3 heteroatoms. The summed E-state index contributed by atoms with van der Waals surface area (Å²) in [6.07, 6.45) is 11.2. The van der Waals surface area contributed by atoms with Gasteiger partial charge in [0.2, 0.25) is 0 Å². The van der Waals surface area contributed by atoms with Crippen molar-refractivity contribution in [2.75, 3.05) is 13.2 Å². The Morgan fingerprint density at radius 1 is 0.900 bits per heavy atom. The van der Waals surface area contributed by atoms with E-state index in [1.807, 2.05) is 24.3 Å². The first-order valence-corrected chi connectivity index (χ1v) is 10.8. The van der Waals surface area contributed by atoms with E-state index in [-0.39, 0.29) is 19.1 Å². The second kappa shape index (κ2) is 12.1. The number of carbonyl (C=O) groups excluding carboxylic acids is 1. The van der Waals surface area contributed by atoms with Gasteiger partial charge in [0.1, 0.15) is 0 Å². The number of carbonyl (C=O) groups is 1. The van der Waals surface area contributed by atoms with Gasteiger partial charge in [0, 0.05) is 12.1 Å². The van der Waals surface area contributed by atoms with Gasteiger partial charge >= 0.3 is 0 Å².